The van der Waals surface area contributed by atoms with Crippen molar-refractivity contribution in [2.24, 2.45) is 0 Å². The molecule has 0 spiro atoms. The fourth-order valence-corrected chi connectivity index (χ4v) is 7.92. The lowest BCUT2D eigenvalue weighted by Gasteiger charge is -2.33. The van der Waals surface area contributed by atoms with Gasteiger partial charge in [0, 0.05) is 51.4 Å². The molecule has 10 unspecified atom stereocenters. The second-order valence-corrected chi connectivity index (χ2v) is 22.7. The molecule has 0 saturated heterocycles. The van der Waals surface area contributed by atoms with Crippen molar-refractivity contribution >= 4 is 35.8 Å². The van der Waals surface area contributed by atoms with Gasteiger partial charge in [-0.3, -0.25) is 48.4 Å². The third kappa shape index (κ3) is 50.2. The molecule has 0 amide bonds. The Kier molecular flexibility index (Phi) is 52.0. The lowest BCUT2D eigenvalue weighted by Crippen LogP contribution is -2.45. The second kappa shape index (κ2) is 54.3. The zero-order valence-corrected chi connectivity index (χ0v) is 56.0. The van der Waals surface area contributed by atoms with Crippen LogP contribution in [0.3, 0.4) is 0 Å². The molecule has 31 heteroatoms. The minimum Gasteiger partial charge on any atom is -0.463 e. The van der Waals surface area contributed by atoms with E-state index in [0.29, 0.717) is 26.4 Å². The first kappa shape index (κ1) is 87.1. The number of esters is 6. The fourth-order valence-electron chi connectivity index (χ4n) is 7.92. The average molecular weight is 1320 g/mol. The Bertz CT molecular complexity index is 1750. The normalized spacial score (nSPS) is 15.3. The minimum absolute atomic E-state index is 0.0352. The van der Waals surface area contributed by atoms with Gasteiger partial charge in [-0.1, -0.05) is 27.7 Å². The Balaban J connectivity index is 5.09. The van der Waals surface area contributed by atoms with Crippen LogP contribution < -0.4 is 0 Å². The van der Waals surface area contributed by atoms with Gasteiger partial charge in [-0.05, 0) is 68.0 Å². The molecular weight excluding hydrogens is 1200 g/mol. The molecule has 0 radical (unpaired) electrons. The van der Waals surface area contributed by atoms with Gasteiger partial charge in [0.05, 0.1) is 130 Å². The van der Waals surface area contributed by atoms with Crippen LogP contribution in [0.15, 0.2) is 0 Å². The summed E-state index contributed by atoms with van der Waals surface area (Å²) in [4.78, 5) is 86.4. The van der Waals surface area contributed by atoms with Crippen molar-refractivity contribution in [3.8, 4) is 0 Å². The summed E-state index contributed by atoms with van der Waals surface area (Å²) in [6.07, 6.45) is -8.38. The molecule has 91 heavy (non-hydrogen) atoms. The van der Waals surface area contributed by atoms with Crippen LogP contribution in [0.25, 0.3) is 0 Å². The number of likely N-dealkylation sites (N-methyl/N-ethyl adjacent to an activating group) is 2. The molecule has 0 aliphatic rings. The molecule has 536 valence electrons. The van der Waals surface area contributed by atoms with E-state index < -0.39 is 84.6 Å². The summed E-state index contributed by atoms with van der Waals surface area (Å²) in [5.41, 5.74) is 0. The topological polar surface area (TPSA) is 385 Å². The molecule has 10 atom stereocenters. The Morgan fingerprint density at radius 1 is 0.286 bits per heavy atom. The third-order valence-corrected chi connectivity index (χ3v) is 13.9. The summed E-state index contributed by atoms with van der Waals surface area (Å²) in [5.74, 6) is -3.20. The van der Waals surface area contributed by atoms with Gasteiger partial charge in [-0.25, -0.2) is 0 Å². The molecule has 0 aliphatic carbocycles. The van der Waals surface area contributed by atoms with Gasteiger partial charge in [0.2, 0.25) is 0 Å². The van der Waals surface area contributed by atoms with Crippen LogP contribution in [0.5, 0.6) is 0 Å². The summed E-state index contributed by atoms with van der Waals surface area (Å²) in [5, 5.41) is 80.5. The molecule has 0 bridgehead atoms. The number of carbonyl (C=O) groups is 6. The van der Waals surface area contributed by atoms with Crippen molar-refractivity contribution in [1.29, 1.82) is 0 Å². The molecule has 0 aromatic heterocycles. The molecule has 0 aromatic carbocycles. The quantitative estimate of drug-likeness (QED) is 0.0176. The number of hydrogen-bond acceptors (Lipinski definition) is 31. The largest absolute Gasteiger partial charge is 0.463 e. The lowest BCUT2D eigenvalue weighted by molar-refractivity contribution is -0.150. The number of ether oxygens (including phenoxy) is 11. The van der Waals surface area contributed by atoms with Crippen LogP contribution in [0.2, 0.25) is 0 Å². The van der Waals surface area contributed by atoms with E-state index in [1.54, 1.807) is 0 Å². The highest BCUT2D eigenvalue weighted by Crippen LogP contribution is 2.09. The number of aliphatic hydroxyl groups excluding tert-OH is 8. The van der Waals surface area contributed by atoms with E-state index in [0.717, 1.165) is 26.2 Å². The summed E-state index contributed by atoms with van der Waals surface area (Å²) < 4.78 is 58.4. The van der Waals surface area contributed by atoms with Gasteiger partial charge in [0.1, 0.15) is 76.3 Å². The Hall–Kier alpha value is -3.94. The number of carbonyl (C=O) groups excluding carboxylic acids is 6. The smallest absolute Gasteiger partial charge is 0.307 e. The highest BCUT2D eigenvalue weighted by Gasteiger charge is 2.23. The molecule has 0 heterocycles. The van der Waals surface area contributed by atoms with Crippen molar-refractivity contribution in [3.63, 3.8) is 0 Å². The molecule has 0 rings (SSSR count). The number of hydrogen-bond donors (Lipinski definition) is 8. The van der Waals surface area contributed by atoms with E-state index in [1.165, 1.54) is 13.8 Å². The predicted molar refractivity (Wildman–Crippen MR) is 330 cm³/mol. The molecule has 0 aromatic rings. The van der Waals surface area contributed by atoms with E-state index in [9.17, 15) is 69.6 Å². The van der Waals surface area contributed by atoms with Crippen LogP contribution >= 0.6 is 0 Å². The van der Waals surface area contributed by atoms with Crippen molar-refractivity contribution in [3.05, 3.63) is 0 Å². The van der Waals surface area contributed by atoms with E-state index in [2.05, 4.69) is 9.80 Å². The zero-order valence-electron chi connectivity index (χ0n) is 56.0. The monoisotopic (exact) mass is 1320 g/mol. The Morgan fingerprint density at radius 3 is 0.681 bits per heavy atom. The van der Waals surface area contributed by atoms with Gasteiger partial charge < -0.3 is 103 Å². The minimum atomic E-state index is -1.21. The fraction of sp³-hybridized carbons (Fsp3) is 0.900. The second-order valence-electron chi connectivity index (χ2n) is 22.7. The molecular formula is C60H116N6O25. The first-order valence-corrected chi connectivity index (χ1v) is 31.8. The van der Waals surface area contributed by atoms with E-state index in [4.69, 9.17) is 52.1 Å². The molecule has 0 fully saturated rings. The molecule has 31 nitrogen and oxygen atoms in total. The lowest BCUT2D eigenvalue weighted by atomic mass is 10.3. The average Bonchev–Trinajstić information content (AvgIpc) is 3.61. The van der Waals surface area contributed by atoms with Gasteiger partial charge in [0.15, 0.2) is 0 Å². The molecule has 0 aliphatic heterocycles. The van der Waals surface area contributed by atoms with Crippen molar-refractivity contribution < 1.29 is 122 Å². The van der Waals surface area contributed by atoms with E-state index in [1.807, 2.05) is 75.2 Å². The third-order valence-electron chi connectivity index (χ3n) is 13.9. The van der Waals surface area contributed by atoms with Crippen LogP contribution in [-0.4, -0.2) is 366 Å². The number of aliphatic hydroxyl groups is 8. The van der Waals surface area contributed by atoms with Crippen molar-refractivity contribution in [2.45, 2.75) is 155 Å². The summed E-state index contributed by atoms with van der Waals surface area (Å²) >= 11 is 0. The van der Waals surface area contributed by atoms with Crippen molar-refractivity contribution in [1.82, 2.24) is 29.4 Å². The van der Waals surface area contributed by atoms with E-state index >= 15 is 0 Å². The van der Waals surface area contributed by atoms with E-state index in [-0.39, 0.29) is 182 Å². The van der Waals surface area contributed by atoms with Crippen LogP contribution in [-0.2, 0) is 80.9 Å². The standard InChI is InChI=1S/C60H116N6O25/c1-11-63(12-2)21-15-57(77)88-39-51(71)35-82-31-49(69)33-84-37-53(73)41-90-59(79)19-25-65(23-17-55(75)86-29-47(7)67)43-61(9)45(5)27-81-28-46(6)62(10)44-66(24-18-56(76)87-30-48(8)68)26-20-60(80)91-42-54(74)38-85-34-50(70)32-83-36-52(72)40-89-58(78)16-22-64(13-3)14-4/h45-54,67-74H,11-44H2,1-10H3. The Labute approximate surface area is 538 Å². The highest BCUT2D eigenvalue weighted by atomic mass is 16.6. The summed E-state index contributed by atoms with van der Waals surface area (Å²) in [6, 6.07) is -0.330. The highest BCUT2D eigenvalue weighted by molar-refractivity contribution is 5.71. The maximum atomic E-state index is 12.8. The maximum absolute atomic E-state index is 12.8. The number of rotatable bonds is 60. The van der Waals surface area contributed by atoms with Crippen LogP contribution in [0, 0.1) is 0 Å². The maximum Gasteiger partial charge on any atom is 0.307 e. The van der Waals surface area contributed by atoms with Gasteiger partial charge >= 0.3 is 35.8 Å². The summed E-state index contributed by atoms with van der Waals surface area (Å²) in [6.45, 7) is 17.6. The van der Waals surface area contributed by atoms with Crippen molar-refractivity contribution in [2.75, 3.05) is 199 Å². The Morgan fingerprint density at radius 2 is 0.473 bits per heavy atom. The summed E-state index contributed by atoms with van der Waals surface area (Å²) in [7, 11) is 3.70. The zero-order chi connectivity index (χ0) is 68.5. The first-order chi connectivity index (χ1) is 43.2. The molecule has 0 saturated carbocycles. The predicted octanol–water partition coefficient (Wildman–Crippen LogP) is -2.56. The molecule has 8 N–H and O–H groups in total. The first-order valence-electron chi connectivity index (χ1n) is 31.8. The van der Waals surface area contributed by atoms with Gasteiger partial charge in [-0.2, -0.15) is 0 Å². The van der Waals surface area contributed by atoms with Crippen LogP contribution in [0.1, 0.15) is 93.9 Å². The van der Waals surface area contributed by atoms with Gasteiger partial charge in [-0.15, -0.1) is 0 Å². The SMILES string of the molecule is CCN(CC)CCC(=O)OCC(O)COCC(O)COCC(O)COC(=O)CCN(CCC(=O)OCC(C)O)CN(C)C(C)COCC(C)N(C)CN(CCC(=O)OCC(C)O)CCC(=O)OCC(O)COCC(O)COCC(O)COC(=O)CCN(CC)CC. The van der Waals surface area contributed by atoms with Gasteiger partial charge in [0.25, 0.3) is 0 Å². The number of nitrogens with zero attached hydrogens (tertiary/aromatic N) is 6. The van der Waals surface area contributed by atoms with Crippen LogP contribution in [0.4, 0.5) is 0 Å².